The first-order chi connectivity index (χ1) is 15.9. The Morgan fingerprint density at radius 1 is 1.03 bits per heavy atom. The van der Waals surface area contributed by atoms with Crippen molar-refractivity contribution < 1.29 is 14.1 Å². The predicted octanol–water partition coefficient (Wildman–Crippen LogP) is 5.78. The standard InChI is InChI=1S/C27H32BClN2O3/c1-18(2)14-23(32)16-31-17-24(30-25(31)20-8-7-9-22(29)15-20)19-10-12-21(13-11-19)28-33-26(3,4)27(5,6)34-28/h7-13,15,17-18H,14,16H2,1-6H3. The summed E-state index contributed by atoms with van der Waals surface area (Å²) in [4.78, 5) is 17.5. The first-order valence-corrected chi connectivity index (χ1v) is 12.1. The highest BCUT2D eigenvalue weighted by Crippen LogP contribution is 2.36. The third-order valence-electron chi connectivity index (χ3n) is 6.57. The van der Waals surface area contributed by atoms with Crippen molar-refractivity contribution in [3.8, 4) is 22.6 Å². The van der Waals surface area contributed by atoms with Gasteiger partial charge in [-0.15, -0.1) is 0 Å². The monoisotopic (exact) mass is 478 g/mol. The normalized spacial score (nSPS) is 16.9. The fourth-order valence-electron chi connectivity index (χ4n) is 4.03. The van der Waals surface area contributed by atoms with Crippen molar-refractivity contribution >= 4 is 30.0 Å². The summed E-state index contributed by atoms with van der Waals surface area (Å²) in [6.45, 7) is 12.6. The number of halogens is 1. The fraction of sp³-hybridized carbons (Fsp3) is 0.407. The highest BCUT2D eigenvalue weighted by Gasteiger charge is 2.51. The molecule has 0 amide bonds. The van der Waals surface area contributed by atoms with E-state index in [9.17, 15) is 4.79 Å². The largest absolute Gasteiger partial charge is 0.494 e. The van der Waals surface area contributed by atoms with Crippen LogP contribution in [0.2, 0.25) is 5.02 Å². The van der Waals surface area contributed by atoms with Crippen LogP contribution >= 0.6 is 11.6 Å². The third kappa shape index (κ3) is 5.14. The molecule has 0 unspecified atom stereocenters. The predicted molar refractivity (Wildman–Crippen MR) is 138 cm³/mol. The van der Waals surface area contributed by atoms with Crippen LogP contribution in [0.3, 0.4) is 0 Å². The van der Waals surface area contributed by atoms with E-state index in [-0.39, 0.29) is 23.5 Å². The summed E-state index contributed by atoms with van der Waals surface area (Å²) in [5.41, 5.74) is 2.83. The molecule has 0 aliphatic carbocycles. The molecule has 1 aromatic heterocycles. The van der Waals surface area contributed by atoms with Crippen molar-refractivity contribution in [2.75, 3.05) is 0 Å². The zero-order valence-electron chi connectivity index (χ0n) is 20.8. The summed E-state index contributed by atoms with van der Waals surface area (Å²) < 4.78 is 14.3. The summed E-state index contributed by atoms with van der Waals surface area (Å²) in [5.74, 6) is 1.22. The van der Waals surface area contributed by atoms with Crippen LogP contribution in [0.5, 0.6) is 0 Å². The SMILES string of the molecule is CC(C)CC(=O)Cn1cc(-c2ccc(B3OC(C)(C)C(C)(C)O3)cc2)nc1-c1cccc(Cl)c1. The Hall–Kier alpha value is -2.41. The molecule has 0 saturated carbocycles. The van der Waals surface area contributed by atoms with Gasteiger partial charge in [0, 0.05) is 28.8 Å². The second kappa shape index (κ2) is 9.33. The molecule has 7 heteroatoms. The molecule has 0 bridgehead atoms. The van der Waals surface area contributed by atoms with E-state index < -0.39 is 7.12 Å². The Morgan fingerprint density at radius 2 is 1.68 bits per heavy atom. The number of carbonyl (C=O) groups is 1. The van der Waals surface area contributed by atoms with Crippen LogP contribution in [0.4, 0.5) is 0 Å². The number of nitrogens with zero attached hydrogens (tertiary/aromatic N) is 2. The lowest BCUT2D eigenvalue weighted by atomic mass is 9.79. The lowest BCUT2D eigenvalue weighted by Crippen LogP contribution is -2.41. The average Bonchev–Trinajstić information content (AvgIpc) is 3.25. The molecule has 0 radical (unpaired) electrons. The Labute approximate surface area is 207 Å². The summed E-state index contributed by atoms with van der Waals surface area (Å²) >= 11 is 6.24. The van der Waals surface area contributed by atoms with E-state index in [1.54, 1.807) is 0 Å². The highest BCUT2D eigenvalue weighted by molar-refractivity contribution is 6.62. The number of ketones is 1. The zero-order valence-corrected chi connectivity index (χ0v) is 21.5. The maximum absolute atomic E-state index is 12.6. The maximum atomic E-state index is 12.6. The zero-order chi connectivity index (χ0) is 24.7. The Bertz CT molecular complexity index is 1170. The van der Waals surface area contributed by atoms with Gasteiger partial charge in [-0.1, -0.05) is 61.8 Å². The van der Waals surface area contributed by atoms with E-state index in [0.717, 1.165) is 28.1 Å². The average molecular weight is 479 g/mol. The van der Waals surface area contributed by atoms with Crippen molar-refractivity contribution in [1.29, 1.82) is 0 Å². The van der Waals surface area contributed by atoms with Crippen LogP contribution in [0.15, 0.2) is 54.7 Å². The molecule has 1 fully saturated rings. The lowest BCUT2D eigenvalue weighted by molar-refractivity contribution is -0.120. The molecule has 2 aromatic carbocycles. The van der Waals surface area contributed by atoms with Crippen LogP contribution in [0, 0.1) is 5.92 Å². The van der Waals surface area contributed by atoms with Crippen LogP contribution < -0.4 is 5.46 Å². The van der Waals surface area contributed by atoms with Gasteiger partial charge in [0.15, 0.2) is 5.78 Å². The minimum absolute atomic E-state index is 0.179. The minimum atomic E-state index is -0.410. The van der Waals surface area contributed by atoms with Crippen molar-refractivity contribution in [2.45, 2.75) is 65.7 Å². The fourth-order valence-corrected chi connectivity index (χ4v) is 4.22. The van der Waals surface area contributed by atoms with E-state index in [1.807, 2.05) is 87.0 Å². The van der Waals surface area contributed by atoms with Gasteiger partial charge in [-0.2, -0.15) is 0 Å². The summed E-state index contributed by atoms with van der Waals surface area (Å²) in [7, 11) is -0.410. The number of rotatable bonds is 7. The Balaban J connectivity index is 1.64. The highest BCUT2D eigenvalue weighted by atomic mass is 35.5. The number of aromatic nitrogens is 2. The smallest absolute Gasteiger partial charge is 0.399 e. The molecule has 0 N–H and O–H groups in total. The topological polar surface area (TPSA) is 53.4 Å². The Kier molecular flexibility index (Phi) is 6.78. The van der Waals surface area contributed by atoms with Crippen molar-refractivity contribution in [3.63, 3.8) is 0 Å². The maximum Gasteiger partial charge on any atom is 0.494 e. The van der Waals surface area contributed by atoms with Crippen molar-refractivity contribution in [1.82, 2.24) is 9.55 Å². The molecule has 3 aromatic rings. The van der Waals surface area contributed by atoms with E-state index in [0.29, 0.717) is 17.4 Å². The quantitative estimate of drug-likeness (QED) is 0.404. The second-order valence-corrected chi connectivity index (χ2v) is 10.9. The van der Waals surface area contributed by atoms with Gasteiger partial charge in [0.2, 0.25) is 0 Å². The molecule has 1 saturated heterocycles. The van der Waals surface area contributed by atoms with Gasteiger partial charge < -0.3 is 13.9 Å². The van der Waals surface area contributed by atoms with E-state index in [1.165, 1.54) is 0 Å². The van der Waals surface area contributed by atoms with Gasteiger partial charge in [-0.05, 0) is 51.2 Å². The molecule has 34 heavy (non-hydrogen) atoms. The van der Waals surface area contributed by atoms with Gasteiger partial charge in [0.1, 0.15) is 5.82 Å². The van der Waals surface area contributed by atoms with Crippen LogP contribution in [-0.2, 0) is 20.6 Å². The van der Waals surface area contributed by atoms with Gasteiger partial charge in [-0.25, -0.2) is 4.98 Å². The molecule has 0 atom stereocenters. The van der Waals surface area contributed by atoms with Crippen LogP contribution in [-0.4, -0.2) is 33.7 Å². The molecular weight excluding hydrogens is 447 g/mol. The molecule has 5 nitrogen and oxygen atoms in total. The van der Waals surface area contributed by atoms with Crippen LogP contribution in [0.1, 0.15) is 48.0 Å². The summed E-state index contributed by atoms with van der Waals surface area (Å²) in [5, 5.41) is 0.633. The molecule has 178 valence electrons. The number of benzene rings is 2. The number of imidazole rings is 1. The lowest BCUT2D eigenvalue weighted by Gasteiger charge is -2.32. The van der Waals surface area contributed by atoms with E-state index in [4.69, 9.17) is 25.9 Å². The Morgan fingerprint density at radius 3 is 2.26 bits per heavy atom. The third-order valence-corrected chi connectivity index (χ3v) is 6.81. The first-order valence-electron chi connectivity index (χ1n) is 11.8. The van der Waals surface area contributed by atoms with Gasteiger partial charge in [0.25, 0.3) is 0 Å². The molecule has 1 aliphatic heterocycles. The molecule has 2 heterocycles. The first kappa shape index (κ1) is 24.7. The van der Waals surface area contributed by atoms with E-state index >= 15 is 0 Å². The number of carbonyl (C=O) groups excluding carboxylic acids is 1. The molecular formula is C27H32BClN2O3. The number of hydrogen-bond acceptors (Lipinski definition) is 4. The molecule has 1 aliphatic rings. The van der Waals surface area contributed by atoms with E-state index in [2.05, 4.69) is 13.8 Å². The second-order valence-electron chi connectivity index (χ2n) is 10.4. The molecule has 4 rings (SSSR count). The van der Waals surface area contributed by atoms with Gasteiger partial charge in [0.05, 0.1) is 23.4 Å². The minimum Gasteiger partial charge on any atom is -0.399 e. The summed E-state index contributed by atoms with van der Waals surface area (Å²) in [6, 6.07) is 15.6. The summed E-state index contributed by atoms with van der Waals surface area (Å²) in [6.07, 6.45) is 2.48. The van der Waals surface area contributed by atoms with Crippen molar-refractivity contribution in [3.05, 3.63) is 59.8 Å². The van der Waals surface area contributed by atoms with Gasteiger partial charge >= 0.3 is 7.12 Å². The number of hydrogen-bond donors (Lipinski definition) is 0. The molecule has 0 spiro atoms. The van der Waals surface area contributed by atoms with Crippen LogP contribution in [0.25, 0.3) is 22.6 Å². The van der Waals surface area contributed by atoms with Crippen molar-refractivity contribution in [2.24, 2.45) is 5.92 Å². The van der Waals surface area contributed by atoms with Gasteiger partial charge in [-0.3, -0.25) is 4.79 Å². The number of Topliss-reactive ketones (excluding diaryl/α,β-unsaturated/α-hetero) is 1.